The summed E-state index contributed by atoms with van der Waals surface area (Å²) >= 11 is 0. The third kappa shape index (κ3) is 19.2. The number of aliphatic hydroxyl groups excluding tert-OH is 1. The number of nitrogens with one attached hydrogen (secondary N) is 2. The van der Waals surface area contributed by atoms with Crippen LogP contribution in [0.3, 0.4) is 0 Å². The van der Waals surface area contributed by atoms with E-state index in [9.17, 15) is 5.11 Å². The third-order valence-electron chi connectivity index (χ3n) is 5.79. The number of aliphatic hydroxyl groups is 1. The van der Waals surface area contributed by atoms with Gasteiger partial charge in [0.25, 0.3) is 0 Å². The van der Waals surface area contributed by atoms with Gasteiger partial charge in [-0.25, -0.2) is 0 Å². The van der Waals surface area contributed by atoms with Crippen LogP contribution in [0.2, 0.25) is 0 Å². The molecule has 0 aromatic heterocycles. The van der Waals surface area contributed by atoms with Crippen molar-refractivity contribution in [1.29, 1.82) is 0 Å². The Kier molecular flexibility index (Phi) is 20.1. The first-order valence-electron chi connectivity index (χ1n) is 12.7. The standard InChI is InChI=1S/C25H54N2O/c1-5-7-8-9-10-11-12-13-14-15-16-17-18-19-20-21-22-26-24(6-2)27-25(3,4)23-28/h24,26-28H,5-23H2,1-4H3. The first-order chi connectivity index (χ1) is 13.6. The molecule has 3 N–H and O–H groups in total. The highest BCUT2D eigenvalue weighted by Gasteiger charge is 2.19. The topological polar surface area (TPSA) is 44.3 Å². The summed E-state index contributed by atoms with van der Waals surface area (Å²) in [6, 6.07) is 0. The van der Waals surface area contributed by atoms with Crippen molar-refractivity contribution in [2.45, 2.75) is 149 Å². The summed E-state index contributed by atoms with van der Waals surface area (Å²) in [5, 5.41) is 16.4. The monoisotopic (exact) mass is 398 g/mol. The first kappa shape index (κ1) is 27.9. The molecular weight excluding hydrogens is 344 g/mol. The van der Waals surface area contributed by atoms with Crippen molar-refractivity contribution in [2.75, 3.05) is 13.2 Å². The van der Waals surface area contributed by atoms with Crippen LogP contribution in [0.5, 0.6) is 0 Å². The first-order valence-corrected chi connectivity index (χ1v) is 12.7. The molecule has 0 aliphatic carbocycles. The largest absolute Gasteiger partial charge is 0.394 e. The van der Waals surface area contributed by atoms with Gasteiger partial charge in [-0.05, 0) is 33.2 Å². The van der Waals surface area contributed by atoms with Crippen LogP contribution >= 0.6 is 0 Å². The summed E-state index contributed by atoms with van der Waals surface area (Å²) in [7, 11) is 0. The molecule has 3 nitrogen and oxygen atoms in total. The van der Waals surface area contributed by atoms with Crippen LogP contribution < -0.4 is 10.6 Å². The summed E-state index contributed by atoms with van der Waals surface area (Å²) in [6.45, 7) is 9.82. The van der Waals surface area contributed by atoms with Gasteiger partial charge in [0.15, 0.2) is 0 Å². The molecule has 0 radical (unpaired) electrons. The van der Waals surface area contributed by atoms with Gasteiger partial charge in [0.1, 0.15) is 0 Å². The number of rotatable bonds is 22. The smallest absolute Gasteiger partial charge is 0.0608 e. The molecule has 0 aliphatic rings. The molecule has 0 bridgehead atoms. The lowest BCUT2D eigenvalue weighted by atomic mass is 10.0. The fraction of sp³-hybridized carbons (Fsp3) is 1.00. The molecule has 0 spiro atoms. The van der Waals surface area contributed by atoms with Crippen molar-refractivity contribution >= 4 is 0 Å². The summed E-state index contributed by atoms with van der Waals surface area (Å²) in [4.78, 5) is 0. The second-order valence-electron chi connectivity index (χ2n) is 9.40. The molecule has 0 aromatic carbocycles. The zero-order chi connectivity index (χ0) is 20.9. The van der Waals surface area contributed by atoms with Crippen molar-refractivity contribution in [3.63, 3.8) is 0 Å². The molecule has 0 aromatic rings. The highest BCUT2D eigenvalue weighted by Crippen LogP contribution is 2.13. The zero-order valence-electron chi connectivity index (χ0n) is 20.0. The predicted molar refractivity (Wildman–Crippen MR) is 126 cm³/mol. The third-order valence-corrected chi connectivity index (χ3v) is 5.79. The van der Waals surface area contributed by atoms with E-state index in [1.807, 2.05) is 13.8 Å². The van der Waals surface area contributed by atoms with Gasteiger partial charge < -0.3 is 10.4 Å². The van der Waals surface area contributed by atoms with Crippen LogP contribution in [0.1, 0.15) is 137 Å². The predicted octanol–water partition coefficient (Wildman–Crippen LogP) is 6.93. The normalized spacial score (nSPS) is 13.2. The van der Waals surface area contributed by atoms with E-state index in [1.54, 1.807) is 0 Å². The quantitative estimate of drug-likeness (QED) is 0.137. The van der Waals surface area contributed by atoms with Crippen LogP contribution in [-0.2, 0) is 0 Å². The lowest BCUT2D eigenvalue weighted by molar-refractivity contribution is 0.165. The van der Waals surface area contributed by atoms with Gasteiger partial charge in [-0.1, -0.05) is 110 Å². The highest BCUT2D eigenvalue weighted by molar-refractivity contribution is 4.79. The van der Waals surface area contributed by atoms with Crippen molar-refractivity contribution in [1.82, 2.24) is 10.6 Å². The summed E-state index contributed by atoms with van der Waals surface area (Å²) in [5.74, 6) is 0. The maximum absolute atomic E-state index is 9.37. The van der Waals surface area contributed by atoms with Crippen molar-refractivity contribution in [3.05, 3.63) is 0 Å². The zero-order valence-corrected chi connectivity index (χ0v) is 20.0. The number of hydrogen-bond acceptors (Lipinski definition) is 3. The Morgan fingerprint density at radius 3 is 1.39 bits per heavy atom. The van der Waals surface area contributed by atoms with Gasteiger partial charge in [-0.2, -0.15) is 0 Å². The molecule has 0 amide bonds. The lowest BCUT2D eigenvalue weighted by Gasteiger charge is -2.30. The minimum Gasteiger partial charge on any atom is -0.394 e. The van der Waals surface area contributed by atoms with Gasteiger partial charge in [0, 0.05) is 5.54 Å². The molecule has 28 heavy (non-hydrogen) atoms. The maximum atomic E-state index is 9.37. The summed E-state index contributed by atoms with van der Waals surface area (Å²) in [6.07, 6.45) is 24.0. The van der Waals surface area contributed by atoms with E-state index in [-0.39, 0.29) is 12.1 Å². The second kappa shape index (κ2) is 20.2. The summed E-state index contributed by atoms with van der Waals surface area (Å²) in [5.41, 5.74) is -0.206. The van der Waals surface area contributed by atoms with E-state index >= 15 is 0 Å². The van der Waals surface area contributed by atoms with Crippen molar-refractivity contribution in [2.24, 2.45) is 0 Å². The Morgan fingerprint density at radius 2 is 1.04 bits per heavy atom. The van der Waals surface area contributed by atoms with Gasteiger partial charge in [0.05, 0.1) is 12.8 Å². The van der Waals surface area contributed by atoms with Crippen molar-refractivity contribution < 1.29 is 5.11 Å². The molecule has 170 valence electrons. The van der Waals surface area contributed by atoms with Gasteiger partial charge >= 0.3 is 0 Å². The lowest BCUT2D eigenvalue weighted by Crippen LogP contribution is -2.54. The Balaban J connectivity index is 3.27. The average molecular weight is 399 g/mol. The summed E-state index contributed by atoms with van der Waals surface area (Å²) < 4.78 is 0. The van der Waals surface area contributed by atoms with Gasteiger partial charge in [0.2, 0.25) is 0 Å². The Bertz CT molecular complexity index is 307. The van der Waals surface area contributed by atoms with E-state index in [0.717, 1.165) is 13.0 Å². The molecule has 0 saturated heterocycles. The molecule has 0 fully saturated rings. The van der Waals surface area contributed by atoms with E-state index in [0.29, 0.717) is 6.17 Å². The molecule has 0 saturated carbocycles. The van der Waals surface area contributed by atoms with Gasteiger partial charge in [-0.3, -0.25) is 5.32 Å². The van der Waals surface area contributed by atoms with Crippen molar-refractivity contribution in [3.8, 4) is 0 Å². The highest BCUT2D eigenvalue weighted by atomic mass is 16.3. The van der Waals surface area contributed by atoms with Crippen LogP contribution in [0.15, 0.2) is 0 Å². The van der Waals surface area contributed by atoms with Crippen LogP contribution in [0.25, 0.3) is 0 Å². The van der Waals surface area contributed by atoms with E-state index < -0.39 is 0 Å². The average Bonchev–Trinajstić information content (AvgIpc) is 2.69. The minimum atomic E-state index is -0.206. The van der Waals surface area contributed by atoms with Crippen LogP contribution in [0.4, 0.5) is 0 Å². The van der Waals surface area contributed by atoms with E-state index in [2.05, 4.69) is 24.5 Å². The minimum absolute atomic E-state index is 0.171. The molecule has 0 heterocycles. The van der Waals surface area contributed by atoms with Crippen LogP contribution in [-0.4, -0.2) is 30.0 Å². The molecule has 3 heteroatoms. The molecule has 0 rings (SSSR count). The maximum Gasteiger partial charge on any atom is 0.0608 e. The number of hydrogen-bond donors (Lipinski definition) is 3. The Labute approximate surface area is 177 Å². The van der Waals surface area contributed by atoms with E-state index in [1.165, 1.54) is 103 Å². The Morgan fingerprint density at radius 1 is 0.643 bits per heavy atom. The SMILES string of the molecule is CCCCCCCCCCCCCCCCCCNC(CC)NC(C)(C)CO. The molecule has 1 unspecified atom stereocenters. The van der Waals surface area contributed by atoms with E-state index in [4.69, 9.17) is 0 Å². The molecule has 0 aliphatic heterocycles. The fourth-order valence-electron chi connectivity index (χ4n) is 3.76. The van der Waals surface area contributed by atoms with Crippen LogP contribution in [0, 0.1) is 0 Å². The fourth-order valence-corrected chi connectivity index (χ4v) is 3.76. The Hall–Kier alpha value is -0.120. The number of unbranched alkanes of at least 4 members (excludes halogenated alkanes) is 15. The van der Waals surface area contributed by atoms with Gasteiger partial charge in [-0.15, -0.1) is 0 Å². The second-order valence-corrected chi connectivity index (χ2v) is 9.40. The molecule has 1 atom stereocenters. The molecular formula is C25H54N2O.